The van der Waals surface area contributed by atoms with Gasteiger partial charge in [-0.05, 0) is 19.0 Å². The van der Waals surface area contributed by atoms with Gasteiger partial charge in [0.1, 0.15) is 0 Å². The molecule has 1 unspecified atom stereocenters. The van der Waals surface area contributed by atoms with E-state index in [9.17, 15) is 18.0 Å². The fourth-order valence-electron chi connectivity index (χ4n) is 1.55. The summed E-state index contributed by atoms with van der Waals surface area (Å²) in [6, 6.07) is 0. The standard InChI is InChI=1S/C9H12F3N5O/c1-4(5-2-13-3-5)6(18)14-8-15-7(16-17-8)9(10,11)12/h4-5,13H,2-3H2,1H3,(H2,14,15,16,17,18). The number of anilines is 1. The molecule has 0 saturated carbocycles. The van der Waals surface area contributed by atoms with Crippen LogP contribution in [0, 0.1) is 11.8 Å². The van der Waals surface area contributed by atoms with Crippen molar-refractivity contribution < 1.29 is 18.0 Å². The Hall–Kier alpha value is -1.64. The van der Waals surface area contributed by atoms with Crippen LogP contribution in [0.4, 0.5) is 19.1 Å². The zero-order valence-electron chi connectivity index (χ0n) is 9.51. The van der Waals surface area contributed by atoms with Crippen LogP contribution in [0.3, 0.4) is 0 Å². The zero-order chi connectivity index (χ0) is 13.3. The van der Waals surface area contributed by atoms with E-state index in [0.29, 0.717) is 0 Å². The molecule has 0 radical (unpaired) electrons. The molecule has 1 aliphatic rings. The Morgan fingerprint density at radius 3 is 2.61 bits per heavy atom. The maximum atomic E-state index is 12.2. The Labute approximate surface area is 100 Å². The Morgan fingerprint density at radius 2 is 2.17 bits per heavy atom. The summed E-state index contributed by atoms with van der Waals surface area (Å²) in [6.45, 7) is 3.19. The predicted octanol–water partition coefficient (Wildman–Crippen LogP) is 0.617. The molecule has 2 heterocycles. The van der Waals surface area contributed by atoms with Gasteiger partial charge in [0.2, 0.25) is 17.7 Å². The number of aromatic nitrogens is 3. The summed E-state index contributed by atoms with van der Waals surface area (Å²) >= 11 is 0. The van der Waals surface area contributed by atoms with Crippen molar-refractivity contribution >= 4 is 11.9 Å². The van der Waals surface area contributed by atoms with E-state index in [0.717, 1.165) is 13.1 Å². The van der Waals surface area contributed by atoms with Gasteiger partial charge in [-0.1, -0.05) is 6.92 Å². The quantitative estimate of drug-likeness (QED) is 0.746. The number of hydrogen-bond acceptors (Lipinski definition) is 4. The minimum atomic E-state index is -4.60. The molecule has 6 nitrogen and oxygen atoms in total. The van der Waals surface area contributed by atoms with Crippen molar-refractivity contribution in [3.05, 3.63) is 5.82 Å². The summed E-state index contributed by atoms with van der Waals surface area (Å²) in [5.74, 6) is -2.05. The molecular weight excluding hydrogens is 251 g/mol. The second kappa shape index (κ2) is 4.56. The lowest BCUT2D eigenvalue weighted by molar-refractivity contribution is -0.144. The highest BCUT2D eigenvalue weighted by molar-refractivity contribution is 5.90. The molecule has 1 aromatic rings. The number of rotatable bonds is 3. The van der Waals surface area contributed by atoms with E-state index in [1.807, 2.05) is 0 Å². The molecule has 9 heteroatoms. The minimum Gasteiger partial charge on any atom is -0.316 e. The van der Waals surface area contributed by atoms with Crippen molar-refractivity contribution in [2.45, 2.75) is 13.1 Å². The van der Waals surface area contributed by atoms with E-state index in [2.05, 4.69) is 20.7 Å². The van der Waals surface area contributed by atoms with Crippen LogP contribution in [0.1, 0.15) is 12.7 Å². The van der Waals surface area contributed by atoms with Gasteiger partial charge in [0.15, 0.2) is 0 Å². The molecular formula is C9H12F3N5O. The van der Waals surface area contributed by atoms with Gasteiger partial charge in [-0.15, -0.1) is 5.10 Å². The molecule has 0 aromatic carbocycles. The third kappa shape index (κ3) is 2.61. The number of hydrogen-bond donors (Lipinski definition) is 3. The van der Waals surface area contributed by atoms with Crippen LogP contribution in [-0.2, 0) is 11.0 Å². The number of aromatic amines is 1. The van der Waals surface area contributed by atoms with Gasteiger partial charge in [-0.2, -0.15) is 18.2 Å². The highest BCUT2D eigenvalue weighted by atomic mass is 19.4. The SMILES string of the molecule is CC(C(=O)Nc1n[nH]c(C(F)(F)F)n1)C1CNC1. The minimum absolute atomic E-state index is 0.200. The number of halogens is 3. The molecule has 1 aliphatic heterocycles. The molecule has 0 spiro atoms. The topological polar surface area (TPSA) is 82.7 Å². The lowest BCUT2D eigenvalue weighted by Gasteiger charge is -2.31. The normalized spacial score (nSPS) is 18.2. The number of amides is 1. The lowest BCUT2D eigenvalue weighted by atomic mass is 9.88. The van der Waals surface area contributed by atoms with Gasteiger partial charge >= 0.3 is 6.18 Å². The number of alkyl halides is 3. The summed E-state index contributed by atoms with van der Waals surface area (Å²) in [6.07, 6.45) is -4.60. The summed E-state index contributed by atoms with van der Waals surface area (Å²) in [7, 11) is 0. The van der Waals surface area contributed by atoms with E-state index >= 15 is 0 Å². The van der Waals surface area contributed by atoms with Crippen LogP contribution in [0.25, 0.3) is 0 Å². The van der Waals surface area contributed by atoms with Crippen molar-refractivity contribution in [3.63, 3.8) is 0 Å². The molecule has 1 atom stereocenters. The fraction of sp³-hybridized carbons (Fsp3) is 0.667. The van der Waals surface area contributed by atoms with Crippen molar-refractivity contribution in [3.8, 4) is 0 Å². The molecule has 2 rings (SSSR count). The highest BCUT2D eigenvalue weighted by Crippen LogP contribution is 2.26. The van der Waals surface area contributed by atoms with Gasteiger partial charge in [0, 0.05) is 5.92 Å². The van der Waals surface area contributed by atoms with Crippen molar-refractivity contribution in [2.24, 2.45) is 11.8 Å². The molecule has 100 valence electrons. The first-order valence-electron chi connectivity index (χ1n) is 5.39. The third-order valence-electron chi connectivity index (χ3n) is 2.92. The zero-order valence-corrected chi connectivity index (χ0v) is 9.51. The van der Waals surface area contributed by atoms with Crippen LogP contribution < -0.4 is 10.6 Å². The first-order chi connectivity index (χ1) is 8.38. The number of carbonyl (C=O) groups is 1. The van der Waals surface area contributed by atoms with Gasteiger partial charge < -0.3 is 5.32 Å². The summed E-state index contributed by atoms with van der Waals surface area (Å²) in [5, 5.41) is 10.3. The molecule has 0 bridgehead atoms. The Morgan fingerprint density at radius 1 is 1.50 bits per heavy atom. The molecule has 18 heavy (non-hydrogen) atoms. The molecule has 1 amide bonds. The van der Waals surface area contributed by atoms with E-state index in [1.54, 1.807) is 12.0 Å². The number of H-pyrrole nitrogens is 1. The van der Waals surface area contributed by atoms with Gasteiger partial charge in [0.25, 0.3) is 0 Å². The van der Waals surface area contributed by atoms with Crippen LogP contribution in [-0.4, -0.2) is 34.2 Å². The van der Waals surface area contributed by atoms with Crippen LogP contribution in [0.15, 0.2) is 0 Å². The summed E-state index contributed by atoms with van der Waals surface area (Å²) in [4.78, 5) is 14.9. The molecule has 1 saturated heterocycles. The van der Waals surface area contributed by atoms with Gasteiger partial charge in [-0.25, -0.2) is 0 Å². The van der Waals surface area contributed by atoms with E-state index in [4.69, 9.17) is 0 Å². The first kappa shape index (κ1) is 12.8. The highest BCUT2D eigenvalue weighted by Gasteiger charge is 2.36. The number of nitrogens with one attached hydrogen (secondary N) is 3. The Bertz CT molecular complexity index is 440. The lowest BCUT2D eigenvalue weighted by Crippen LogP contribution is -2.48. The average Bonchev–Trinajstić information content (AvgIpc) is 2.62. The molecule has 3 N–H and O–H groups in total. The Kier molecular flexibility index (Phi) is 3.24. The van der Waals surface area contributed by atoms with Crippen molar-refractivity contribution in [1.29, 1.82) is 0 Å². The van der Waals surface area contributed by atoms with E-state index in [1.165, 1.54) is 0 Å². The van der Waals surface area contributed by atoms with E-state index in [-0.39, 0.29) is 23.7 Å². The van der Waals surface area contributed by atoms with Gasteiger partial charge in [0.05, 0.1) is 0 Å². The maximum absolute atomic E-state index is 12.2. The largest absolute Gasteiger partial charge is 0.451 e. The fourth-order valence-corrected chi connectivity index (χ4v) is 1.55. The van der Waals surface area contributed by atoms with Gasteiger partial charge in [-0.3, -0.25) is 15.2 Å². The smallest absolute Gasteiger partial charge is 0.316 e. The van der Waals surface area contributed by atoms with E-state index < -0.39 is 12.0 Å². The second-order valence-electron chi connectivity index (χ2n) is 4.20. The number of nitrogens with zero attached hydrogens (tertiary/aromatic N) is 2. The monoisotopic (exact) mass is 263 g/mol. The van der Waals surface area contributed by atoms with Crippen LogP contribution in [0.5, 0.6) is 0 Å². The van der Waals surface area contributed by atoms with Crippen LogP contribution in [0.2, 0.25) is 0 Å². The second-order valence-corrected chi connectivity index (χ2v) is 4.20. The van der Waals surface area contributed by atoms with Crippen molar-refractivity contribution in [2.75, 3.05) is 18.4 Å². The summed E-state index contributed by atoms with van der Waals surface area (Å²) in [5.41, 5.74) is 0. The molecule has 1 aromatic heterocycles. The first-order valence-corrected chi connectivity index (χ1v) is 5.39. The predicted molar refractivity (Wildman–Crippen MR) is 55.5 cm³/mol. The third-order valence-corrected chi connectivity index (χ3v) is 2.92. The average molecular weight is 263 g/mol. The molecule has 1 fully saturated rings. The number of carbonyl (C=O) groups excluding carboxylic acids is 1. The summed E-state index contributed by atoms with van der Waals surface area (Å²) < 4.78 is 36.7. The van der Waals surface area contributed by atoms with Crippen molar-refractivity contribution in [1.82, 2.24) is 20.5 Å². The van der Waals surface area contributed by atoms with Crippen LogP contribution >= 0.6 is 0 Å². The Balaban J connectivity index is 1.96. The maximum Gasteiger partial charge on any atom is 0.451 e. The molecule has 0 aliphatic carbocycles.